The molecule has 68 heavy (non-hydrogen) atoms. The van der Waals surface area contributed by atoms with E-state index in [1.807, 2.05) is 0 Å². The van der Waals surface area contributed by atoms with Crippen LogP contribution in [0, 0.1) is 5.41 Å². The smallest absolute Gasteiger partial charge is 0.139 e. The van der Waals surface area contributed by atoms with Crippen molar-refractivity contribution in [2.75, 3.05) is 0 Å². The summed E-state index contributed by atoms with van der Waals surface area (Å²) >= 11 is 0. The average Bonchev–Trinajstić information content (AvgIpc) is 3.35. The predicted molar refractivity (Wildman–Crippen MR) is 312 cm³/mol. The normalized spacial score (nSPS) is 11.9. The van der Waals surface area contributed by atoms with Gasteiger partial charge in [-0.2, -0.15) is 0 Å². The molecular weight excluding hydrogens is 821 g/mol. The Balaban J connectivity index is 5.07. The van der Waals surface area contributed by atoms with Crippen molar-refractivity contribution >= 4 is 5.78 Å². The minimum Gasteiger partial charge on any atom is -0.299 e. The Morgan fingerprint density at radius 1 is 0.191 bits per heavy atom. The number of carbonyl (C=O) groups is 1. The summed E-state index contributed by atoms with van der Waals surface area (Å²) in [5.74, 6) is 0.700. The number of carbonyl (C=O) groups excluding carboxylic acids is 1. The summed E-state index contributed by atoms with van der Waals surface area (Å²) in [5, 5.41) is 0. The van der Waals surface area contributed by atoms with E-state index in [0.29, 0.717) is 5.78 Å². The van der Waals surface area contributed by atoms with E-state index in [0.717, 1.165) is 12.8 Å². The second-order valence-corrected chi connectivity index (χ2v) is 23.4. The molecule has 0 N–H and O–H groups in total. The number of hydrogen-bond donors (Lipinski definition) is 0. The number of ketones is 1. The number of unbranched alkanes of at least 4 members (excludes halogenated alkanes) is 53. The lowest BCUT2D eigenvalue weighted by molar-refractivity contribution is -0.130. The minimum absolute atomic E-state index is 0.0264. The number of hydrogen-bond acceptors (Lipinski definition) is 1. The van der Waals surface area contributed by atoms with Crippen LogP contribution in [0.5, 0.6) is 0 Å². The molecule has 1 nitrogen and oxygen atoms in total. The Labute approximate surface area is 433 Å². The van der Waals surface area contributed by atoms with Gasteiger partial charge in [0, 0.05) is 11.8 Å². The van der Waals surface area contributed by atoms with Crippen LogP contribution in [0.4, 0.5) is 0 Å². The highest BCUT2D eigenvalue weighted by atomic mass is 16.1. The average molecular weight is 956 g/mol. The van der Waals surface area contributed by atoms with Crippen LogP contribution >= 0.6 is 0 Å². The van der Waals surface area contributed by atoms with Gasteiger partial charge in [0.25, 0.3) is 0 Å². The zero-order valence-electron chi connectivity index (χ0n) is 48.5. The zero-order chi connectivity index (χ0) is 49.2. The van der Waals surface area contributed by atoms with Crippen LogP contribution in [-0.4, -0.2) is 5.78 Å². The first kappa shape index (κ1) is 67.7. The van der Waals surface area contributed by atoms with E-state index >= 15 is 0 Å². The van der Waals surface area contributed by atoms with Crippen molar-refractivity contribution in [1.82, 2.24) is 0 Å². The van der Waals surface area contributed by atoms with Gasteiger partial charge < -0.3 is 0 Å². The molecule has 0 aromatic rings. The molecule has 0 aromatic heterocycles. The van der Waals surface area contributed by atoms with Crippen LogP contribution in [-0.2, 0) is 4.79 Å². The first-order valence-electron chi connectivity index (χ1n) is 33.2. The quantitative estimate of drug-likeness (QED) is 0.0555. The summed E-state index contributed by atoms with van der Waals surface area (Å²) in [4.78, 5) is 14.7. The van der Waals surface area contributed by atoms with Gasteiger partial charge in [0.1, 0.15) is 5.78 Å². The van der Waals surface area contributed by atoms with Crippen LogP contribution in [0.15, 0.2) is 0 Å². The summed E-state index contributed by atoms with van der Waals surface area (Å²) in [6.07, 6.45) is 84.8. The highest BCUT2D eigenvalue weighted by Gasteiger charge is 2.35. The highest BCUT2D eigenvalue weighted by Crippen LogP contribution is 2.40. The molecule has 0 aliphatic heterocycles. The SMILES string of the molecule is CCCCCCCCCCCCCCCCCC(=O)C(CCCCCCCCCCCCCCCC)(CCCCCCCCCCCCCCCC)CCCCCCCCCCCCCCCC. The van der Waals surface area contributed by atoms with Gasteiger partial charge in [-0.05, 0) is 25.7 Å². The third-order valence-electron chi connectivity index (χ3n) is 16.6. The van der Waals surface area contributed by atoms with E-state index in [2.05, 4.69) is 27.7 Å². The lowest BCUT2D eigenvalue weighted by Gasteiger charge is -2.33. The molecule has 1 heteroatoms. The number of rotatable bonds is 62. The van der Waals surface area contributed by atoms with Crippen molar-refractivity contribution in [1.29, 1.82) is 0 Å². The predicted octanol–water partition coefficient (Wildman–Crippen LogP) is 25.4. The Kier molecular flexibility index (Phi) is 58.9. The maximum absolute atomic E-state index is 14.7. The van der Waals surface area contributed by atoms with Crippen molar-refractivity contribution in [3.63, 3.8) is 0 Å². The van der Waals surface area contributed by atoms with Crippen molar-refractivity contribution < 1.29 is 4.79 Å². The molecule has 0 saturated carbocycles. The third kappa shape index (κ3) is 50.6. The van der Waals surface area contributed by atoms with Gasteiger partial charge in [0.05, 0.1) is 0 Å². The van der Waals surface area contributed by atoms with E-state index in [9.17, 15) is 4.79 Å². The largest absolute Gasteiger partial charge is 0.299 e. The Hall–Kier alpha value is -0.330. The molecule has 0 aliphatic rings. The molecule has 0 radical (unpaired) electrons. The molecule has 0 fully saturated rings. The molecule has 0 spiro atoms. The summed E-state index contributed by atoms with van der Waals surface area (Å²) in [5.41, 5.74) is -0.0264. The van der Waals surface area contributed by atoms with E-state index < -0.39 is 0 Å². The fourth-order valence-electron chi connectivity index (χ4n) is 11.7. The van der Waals surface area contributed by atoms with Crippen LogP contribution in [0.3, 0.4) is 0 Å². The van der Waals surface area contributed by atoms with Gasteiger partial charge in [0.15, 0.2) is 0 Å². The summed E-state index contributed by atoms with van der Waals surface area (Å²) in [7, 11) is 0. The summed E-state index contributed by atoms with van der Waals surface area (Å²) in [6, 6.07) is 0. The van der Waals surface area contributed by atoms with Gasteiger partial charge in [0.2, 0.25) is 0 Å². The van der Waals surface area contributed by atoms with Gasteiger partial charge in [-0.1, -0.05) is 387 Å². The maximum Gasteiger partial charge on any atom is 0.139 e. The van der Waals surface area contributed by atoms with Crippen LogP contribution < -0.4 is 0 Å². The van der Waals surface area contributed by atoms with Crippen LogP contribution in [0.1, 0.15) is 419 Å². The van der Waals surface area contributed by atoms with E-state index in [1.165, 1.54) is 379 Å². The Morgan fingerprint density at radius 2 is 0.324 bits per heavy atom. The fraction of sp³-hybridized carbons (Fsp3) is 0.985. The monoisotopic (exact) mass is 955 g/mol. The molecule has 0 amide bonds. The molecule has 0 saturated heterocycles. The van der Waals surface area contributed by atoms with Crippen LogP contribution in [0.2, 0.25) is 0 Å². The summed E-state index contributed by atoms with van der Waals surface area (Å²) < 4.78 is 0. The van der Waals surface area contributed by atoms with Crippen molar-refractivity contribution in [2.24, 2.45) is 5.41 Å². The number of Topliss-reactive ketones (excluding diaryl/α,β-unsaturated/α-hetero) is 1. The molecule has 0 rings (SSSR count). The van der Waals surface area contributed by atoms with Crippen molar-refractivity contribution in [2.45, 2.75) is 419 Å². The molecule has 0 unspecified atom stereocenters. The molecule has 0 aromatic carbocycles. The molecular formula is C67H134O. The topological polar surface area (TPSA) is 17.1 Å². The lowest BCUT2D eigenvalue weighted by Crippen LogP contribution is -2.31. The standard InChI is InChI=1S/C67H134O/c1-5-9-13-17-21-25-29-33-37-38-42-46-50-54-58-62-66(68)67(63-59-55-51-47-43-39-34-30-26-22-18-14-10-6-2,64-60-56-52-48-44-40-35-31-27-23-19-15-11-7-3)65-61-57-53-49-45-41-36-32-28-24-20-16-12-8-4/h5-65H2,1-4H3. The van der Waals surface area contributed by atoms with Gasteiger partial charge in [-0.25, -0.2) is 0 Å². The van der Waals surface area contributed by atoms with Crippen molar-refractivity contribution in [3.8, 4) is 0 Å². The molecule has 0 heterocycles. The van der Waals surface area contributed by atoms with Gasteiger partial charge in [-0.15, -0.1) is 0 Å². The second-order valence-electron chi connectivity index (χ2n) is 23.4. The van der Waals surface area contributed by atoms with E-state index in [1.54, 1.807) is 0 Å². The molecule has 0 atom stereocenters. The maximum atomic E-state index is 14.7. The zero-order valence-corrected chi connectivity index (χ0v) is 48.5. The molecule has 0 bridgehead atoms. The summed E-state index contributed by atoms with van der Waals surface area (Å²) in [6.45, 7) is 9.28. The second kappa shape index (κ2) is 59.2. The van der Waals surface area contributed by atoms with Gasteiger partial charge in [-0.3, -0.25) is 4.79 Å². The van der Waals surface area contributed by atoms with E-state index in [4.69, 9.17) is 0 Å². The molecule has 0 aliphatic carbocycles. The third-order valence-corrected chi connectivity index (χ3v) is 16.6. The highest BCUT2D eigenvalue weighted by molar-refractivity contribution is 5.84. The minimum atomic E-state index is -0.0264. The molecule has 408 valence electrons. The van der Waals surface area contributed by atoms with Crippen molar-refractivity contribution in [3.05, 3.63) is 0 Å². The van der Waals surface area contributed by atoms with E-state index in [-0.39, 0.29) is 5.41 Å². The van der Waals surface area contributed by atoms with Gasteiger partial charge >= 0.3 is 0 Å². The van der Waals surface area contributed by atoms with Crippen LogP contribution in [0.25, 0.3) is 0 Å². The lowest BCUT2D eigenvalue weighted by atomic mass is 9.69. The Bertz CT molecular complexity index is 826. The first-order valence-corrected chi connectivity index (χ1v) is 33.2. The Morgan fingerprint density at radius 3 is 0.485 bits per heavy atom. The fourth-order valence-corrected chi connectivity index (χ4v) is 11.7. The first-order chi connectivity index (χ1) is 33.7.